The van der Waals surface area contributed by atoms with E-state index in [2.05, 4.69) is 44.5 Å². The van der Waals surface area contributed by atoms with Crippen molar-refractivity contribution in [2.24, 2.45) is 0 Å². The molecule has 1 saturated heterocycles. The third-order valence-corrected chi connectivity index (χ3v) is 6.92. The summed E-state index contributed by atoms with van der Waals surface area (Å²) in [7, 11) is 0. The zero-order chi connectivity index (χ0) is 25.9. The summed E-state index contributed by atoms with van der Waals surface area (Å²) in [4.78, 5) is 21.5. The lowest BCUT2D eigenvalue weighted by molar-refractivity contribution is 0.0383. The van der Waals surface area contributed by atoms with Gasteiger partial charge in [-0.05, 0) is 48.4 Å². The number of rotatable bonds is 7. The lowest BCUT2D eigenvalue weighted by atomic mass is 9.95. The van der Waals surface area contributed by atoms with Gasteiger partial charge in [0.1, 0.15) is 23.3 Å². The number of fused-ring (bicyclic) bond motifs is 2. The van der Waals surface area contributed by atoms with E-state index < -0.39 is 0 Å². The van der Waals surface area contributed by atoms with Crippen LogP contribution in [0.3, 0.4) is 0 Å². The number of pyridine rings is 2. The number of hydrogen-bond acceptors (Lipinski definition) is 7. The average molecular weight is 511 g/mol. The molecular weight excluding hydrogens is 480 g/mol. The van der Waals surface area contributed by atoms with Gasteiger partial charge < -0.3 is 29.4 Å². The third-order valence-electron chi connectivity index (χ3n) is 6.92. The lowest BCUT2D eigenvalue weighted by Gasteiger charge is -2.35. The number of H-pyrrole nitrogens is 1. The molecule has 8 heteroatoms. The molecule has 0 saturated carbocycles. The topological polar surface area (TPSA) is 88.7 Å². The summed E-state index contributed by atoms with van der Waals surface area (Å²) in [6, 6.07) is 20.0. The Morgan fingerprint density at radius 1 is 1.13 bits per heavy atom. The summed E-state index contributed by atoms with van der Waals surface area (Å²) >= 11 is 0. The minimum atomic E-state index is -0.191. The Morgan fingerprint density at radius 3 is 2.92 bits per heavy atom. The first-order valence-corrected chi connectivity index (χ1v) is 13.0. The molecule has 0 aliphatic carbocycles. The smallest absolute Gasteiger partial charge is 0.271 e. The fourth-order valence-corrected chi connectivity index (χ4v) is 5.04. The van der Waals surface area contributed by atoms with Gasteiger partial charge in [0.25, 0.3) is 5.56 Å². The maximum atomic E-state index is 12.3. The number of hydrogen-bond donors (Lipinski definition) is 2. The molecule has 0 amide bonds. The normalized spacial score (nSPS) is 16.2. The van der Waals surface area contributed by atoms with Crippen LogP contribution in [0, 0.1) is 0 Å². The van der Waals surface area contributed by atoms with Gasteiger partial charge >= 0.3 is 0 Å². The second-order valence-corrected chi connectivity index (χ2v) is 9.42. The first-order chi connectivity index (χ1) is 18.7. The maximum absolute atomic E-state index is 12.3. The van der Waals surface area contributed by atoms with E-state index in [1.165, 1.54) is 0 Å². The van der Waals surface area contributed by atoms with Crippen LogP contribution in [0.4, 0.5) is 11.4 Å². The van der Waals surface area contributed by atoms with Crippen LogP contribution in [0.5, 0.6) is 17.4 Å². The lowest BCUT2D eigenvalue weighted by Crippen LogP contribution is -2.41. The Labute approximate surface area is 221 Å². The quantitative estimate of drug-likeness (QED) is 0.317. The van der Waals surface area contributed by atoms with Gasteiger partial charge in [-0.1, -0.05) is 24.3 Å². The molecule has 0 radical (unpaired) electrons. The zero-order valence-corrected chi connectivity index (χ0v) is 21.3. The Balaban J connectivity index is 1.17. The Kier molecular flexibility index (Phi) is 6.71. The first-order valence-electron chi connectivity index (χ1n) is 13.0. The van der Waals surface area contributed by atoms with Gasteiger partial charge in [-0.3, -0.25) is 4.79 Å². The van der Waals surface area contributed by atoms with Crippen LogP contribution in [0.2, 0.25) is 0 Å². The van der Waals surface area contributed by atoms with Gasteiger partial charge in [0.2, 0.25) is 5.88 Å². The Bertz CT molecular complexity index is 1480. The molecule has 6 rings (SSSR count). The minimum absolute atomic E-state index is 0.0865. The van der Waals surface area contributed by atoms with E-state index in [1.807, 2.05) is 49.5 Å². The second-order valence-electron chi connectivity index (χ2n) is 9.42. The molecule has 2 aliphatic heterocycles. The summed E-state index contributed by atoms with van der Waals surface area (Å²) in [5, 5.41) is 3.48. The van der Waals surface area contributed by atoms with Crippen LogP contribution in [0.25, 0.3) is 0 Å². The van der Waals surface area contributed by atoms with Crippen LogP contribution in [-0.4, -0.2) is 36.3 Å². The molecule has 2 aromatic heterocycles. The number of nitrogens with zero attached hydrogens (tertiary/aromatic N) is 2. The number of benzene rings is 2. The monoisotopic (exact) mass is 510 g/mol. The highest BCUT2D eigenvalue weighted by Crippen LogP contribution is 2.43. The molecule has 4 aromatic rings. The van der Waals surface area contributed by atoms with Gasteiger partial charge in [0, 0.05) is 61.3 Å². The molecule has 1 fully saturated rings. The van der Waals surface area contributed by atoms with Gasteiger partial charge in [0.15, 0.2) is 0 Å². The standard InChI is InChI=1S/C30H30N4O4/c1-2-36-28-11-8-20(18-33-28)17-32-23-9-10-26-22(16-23)15-21-5-3-6-24(29(21)38-26)27-19-34(13-14-37-27)25-7-4-12-31-30(25)35/h3-12,16,18,27,32H,2,13-15,17,19H2,1H3,(H,31,35). The van der Waals surface area contributed by atoms with E-state index in [-0.39, 0.29) is 11.7 Å². The van der Waals surface area contributed by atoms with E-state index >= 15 is 0 Å². The molecule has 8 nitrogen and oxygen atoms in total. The van der Waals surface area contributed by atoms with Crippen molar-refractivity contribution >= 4 is 11.4 Å². The van der Waals surface area contributed by atoms with E-state index in [0.717, 1.165) is 45.9 Å². The number of ether oxygens (including phenoxy) is 3. The molecule has 1 unspecified atom stereocenters. The first kappa shape index (κ1) is 24.1. The number of aromatic amines is 1. The van der Waals surface area contributed by atoms with Crippen molar-refractivity contribution < 1.29 is 14.2 Å². The van der Waals surface area contributed by atoms with E-state index in [4.69, 9.17) is 14.2 Å². The molecule has 2 N–H and O–H groups in total. The van der Waals surface area contributed by atoms with Crippen LogP contribution >= 0.6 is 0 Å². The fraction of sp³-hybridized carbons (Fsp3) is 0.267. The molecule has 2 aliphatic rings. The minimum Gasteiger partial charge on any atom is -0.478 e. The number of morpholine rings is 1. The van der Waals surface area contributed by atoms with Crippen molar-refractivity contribution in [2.75, 3.05) is 36.5 Å². The molecular formula is C30H30N4O4. The van der Waals surface area contributed by atoms with E-state index in [0.29, 0.717) is 44.4 Å². The van der Waals surface area contributed by atoms with Crippen LogP contribution in [-0.2, 0) is 17.7 Å². The largest absolute Gasteiger partial charge is 0.478 e. The molecule has 4 heterocycles. The number of aromatic nitrogens is 2. The van der Waals surface area contributed by atoms with Crippen molar-refractivity contribution in [3.63, 3.8) is 0 Å². The summed E-state index contributed by atoms with van der Waals surface area (Å²) < 4.78 is 18.1. The van der Waals surface area contributed by atoms with Gasteiger partial charge in [-0.25, -0.2) is 4.98 Å². The zero-order valence-electron chi connectivity index (χ0n) is 21.3. The van der Waals surface area contributed by atoms with Crippen molar-refractivity contribution in [3.05, 3.63) is 106 Å². The molecule has 2 aromatic carbocycles. The van der Waals surface area contributed by atoms with Crippen molar-refractivity contribution in [1.82, 2.24) is 9.97 Å². The summed E-state index contributed by atoms with van der Waals surface area (Å²) in [5.41, 5.74) is 5.95. The molecule has 0 bridgehead atoms. The second kappa shape index (κ2) is 10.6. The predicted octanol–water partition coefficient (Wildman–Crippen LogP) is 5.06. The van der Waals surface area contributed by atoms with Crippen molar-refractivity contribution in [1.29, 1.82) is 0 Å². The molecule has 38 heavy (non-hydrogen) atoms. The Morgan fingerprint density at radius 2 is 2.08 bits per heavy atom. The highest BCUT2D eigenvalue weighted by atomic mass is 16.5. The van der Waals surface area contributed by atoms with Gasteiger partial charge in [0.05, 0.1) is 13.2 Å². The highest BCUT2D eigenvalue weighted by Gasteiger charge is 2.29. The summed E-state index contributed by atoms with van der Waals surface area (Å²) in [5.74, 6) is 2.35. The SMILES string of the molecule is CCOc1ccc(CNc2ccc3c(c2)Cc2cccc(C4CN(c5ccc[nH]c5=O)CCO4)c2O3)cn1. The van der Waals surface area contributed by atoms with Gasteiger partial charge in [-0.15, -0.1) is 0 Å². The summed E-state index contributed by atoms with van der Waals surface area (Å²) in [6.07, 6.45) is 4.07. The number of nitrogens with one attached hydrogen (secondary N) is 2. The van der Waals surface area contributed by atoms with Crippen molar-refractivity contribution in [3.8, 4) is 17.4 Å². The summed E-state index contributed by atoms with van der Waals surface area (Å²) in [6.45, 7) is 5.02. The van der Waals surface area contributed by atoms with Crippen molar-refractivity contribution in [2.45, 2.75) is 26.0 Å². The molecule has 1 atom stereocenters. The van der Waals surface area contributed by atoms with Crippen LogP contribution in [0.15, 0.2) is 77.9 Å². The third kappa shape index (κ3) is 4.95. The Hall–Kier alpha value is -4.30. The molecule has 0 spiro atoms. The fourth-order valence-electron chi connectivity index (χ4n) is 5.04. The maximum Gasteiger partial charge on any atom is 0.271 e. The van der Waals surface area contributed by atoms with E-state index in [1.54, 1.807) is 6.20 Å². The number of anilines is 2. The van der Waals surface area contributed by atoms with Gasteiger partial charge in [-0.2, -0.15) is 0 Å². The van der Waals surface area contributed by atoms with Crippen LogP contribution < -0.4 is 25.2 Å². The molecule has 194 valence electrons. The average Bonchev–Trinajstić information content (AvgIpc) is 2.96. The van der Waals surface area contributed by atoms with Crippen LogP contribution in [0.1, 0.15) is 35.3 Å². The van der Waals surface area contributed by atoms with E-state index in [9.17, 15) is 4.79 Å². The highest BCUT2D eigenvalue weighted by molar-refractivity contribution is 5.59. The predicted molar refractivity (Wildman–Crippen MR) is 146 cm³/mol. The number of para-hydroxylation sites is 1.